The summed E-state index contributed by atoms with van der Waals surface area (Å²) in [5.74, 6) is 0. The van der Waals surface area contributed by atoms with Crippen molar-refractivity contribution in [3.63, 3.8) is 0 Å². The van der Waals surface area contributed by atoms with Crippen LogP contribution in [0.4, 0.5) is 4.79 Å². The van der Waals surface area contributed by atoms with Crippen LogP contribution in [-0.2, 0) is 0 Å². The number of nitrogens with one attached hydrogen (secondary N) is 1. The van der Waals surface area contributed by atoms with Gasteiger partial charge in [-0.2, -0.15) is 0 Å². The zero-order valence-corrected chi connectivity index (χ0v) is 15.9. The highest BCUT2D eigenvalue weighted by Crippen LogP contribution is 2.14. The maximum absolute atomic E-state index is 11.2. The Morgan fingerprint density at radius 3 is 1.50 bits per heavy atom. The summed E-state index contributed by atoms with van der Waals surface area (Å²) in [6, 6.07) is 0.339. The van der Waals surface area contributed by atoms with Crippen LogP contribution in [0.25, 0.3) is 0 Å². The summed E-state index contributed by atoms with van der Waals surface area (Å²) in [5, 5.41) is 2.84. The van der Waals surface area contributed by atoms with Crippen molar-refractivity contribution in [1.82, 2.24) is 5.32 Å². The first-order valence-electron chi connectivity index (χ1n) is 9.70. The highest BCUT2D eigenvalue weighted by Gasteiger charge is 2.09. The molecule has 0 bridgehead atoms. The van der Waals surface area contributed by atoms with Crippen molar-refractivity contribution in [3.05, 3.63) is 0 Å². The summed E-state index contributed by atoms with van der Waals surface area (Å²) in [6.07, 6.45) is 19.5. The standard InChI is InChI=1S/C19H39NOS/c1-3-5-7-9-10-11-12-13-15-17-18(20-19(21)22)16-14-8-6-4-2/h18H,3-17H2,1-2H3,(H2,20,21,22). The summed E-state index contributed by atoms with van der Waals surface area (Å²) in [4.78, 5) is 11.2. The fraction of sp³-hybridized carbons (Fsp3) is 0.947. The van der Waals surface area contributed by atoms with Crippen molar-refractivity contribution < 1.29 is 4.79 Å². The van der Waals surface area contributed by atoms with Gasteiger partial charge in [0.05, 0.1) is 0 Å². The molecule has 0 aliphatic rings. The minimum Gasteiger partial charge on any atom is -0.344 e. The lowest BCUT2D eigenvalue weighted by molar-refractivity contribution is 0.255. The third kappa shape index (κ3) is 16.2. The van der Waals surface area contributed by atoms with E-state index in [1.165, 1.54) is 83.5 Å². The molecule has 0 heterocycles. The average molecular weight is 330 g/mol. The fourth-order valence-corrected chi connectivity index (χ4v) is 3.16. The predicted molar refractivity (Wildman–Crippen MR) is 102 cm³/mol. The number of carbonyl (C=O) groups is 1. The van der Waals surface area contributed by atoms with Crippen LogP contribution in [-0.4, -0.2) is 11.3 Å². The lowest BCUT2D eigenvalue weighted by atomic mass is 10.0. The summed E-state index contributed by atoms with van der Waals surface area (Å²) in [7, 11) is 0. The minimum absolute atomic E-state index is 0.170. The summed E-state index contributed by atoms with van der Waals surface area (Å²) in [6.45, 7) is 4.50. The lowest BCUT2D eigenvalue weighted by Crippen LogP contribution is -2.31. The number of carbonyl (C=O) groups excluding carboxylic acids is 1. The first-order valence-corrected chi connectivity index (χ1v) is 10.1. The molecule has 1 N–H and O–H groups in total. The molecule has 0 aromatic heterocycles. The van der Waals surface area contributed by atoms with Gasteiger partial charge in [0.15, 0.2) is 0 Å². The molecule has 22 heavy (non-hydrogen) atoms. The van der Waals surface area contributed by atoms with Crippen LogP contribution >= 0.6 is 12.6 Å². The van der Waals surface area contributed by atoms with Gasteiger partial charge in [-0.15, -0.1) is 0 Å². The van der Waals surface area contributed by atoms with E-state index in [0.717, 1.165) is 12.8 Å². The van der Waals surface area contributed by atoms with Crippen molar-refractivity contribution in [2.45, 2.75) is 116 Å². The molecule has 1 unspecified atom stereocenters. The lowest BCUT2D eigenvalue weighted by Gasteiger charge is -2.17. The van der Waals surface area contributed by atoms with Gasteiger partial charge in [0, 0.05) is 6.04 Å². The van der Waals surface area contributed by atoms with Gasteiger partial charge in [-0.25, -0.2) is 0 Å². The number of thiol groups is 1. The van der Waals surface area contributed by atoms with E-state index >= 15 is 0 Å². The highest BCUT2D eigenvalue weighted by atomic mass is 32.1. The van der Waals surface area contributed by atoms with Crippen molar-refractivity contribution in [2.24, 2.45) is 0 Å². The van der Waals surface area contributed by atoms with Gasteiger partial charge in [0.2, 0.25) is 0 Å². The first kappa shape index (κ1) is 21.8. The second-order valence-corrected chi connectivity index (χ2v) is 7.02. The average Bonchev–Trinajstić information content (AvgIpc) is 2.49. The van der Waals surface area contributed by atoms with Gasteiger partial charge in [0.25, 0.3) is 5.24 Å². The van der Waals surface area contributed by atoms with Crippen LogP contribution in [0.1, 0.15) is 110 Å². The van der Waals surface area contributed by atoms with Crippen molar-refractivity contribution in [3.8, 4) is 0 Å². The Kier molecular flexibility index (Phi) is 17.0. The maximum Gasteiger partial charge on any atom is 0.276 e. The largest absolute Gasteiger partial charge is 0.344 e. The van der Waals surface area contributed by atoms with Crippen LogP contribution in [0.2, 0.25) is 0 Å². The quantitative estimate of drug-likeness (QED) is 0.234. The molecule has 0 fully saturated rings. The van der Waals surface area contributed by atoms with Crippen LogP contribution in [0.3, 0.4) is 0 Å². The van der Waals surface area contributed by atoms with E-state index in [1.54, 1.807) is 0 Å². The summed E-state index contributed by atoms with van der Waals surface area (Å²) < 4.78 is 0. The molecule has 0 spiro atoms. The third-order valence-electron chi connectivity index (χ3n) is 4.39. The van der Waals surface area contributed by atoms with E-state index in [2.05, 4.69) is 31.8 Å². The van der Waals surface area contributed by atoms with E-state index in [0.29, 0.717) is 6.04 Å². The summed E-state index contributed by atoms with van der Waals surface area (Å²) >= 11 is 3.87. The van der Waals surface area contributed by atoms with Crippen molar-refractivity contribution in [1.29, 1.82) is 0 Å². The van der Waals surface area contributed by atoms with Gasteiger partial charge in [0.1, 0.15) is 0 Å². The number of hydrogen-bond donors (Lipinski definition) is 2. The molecule has 0 aliphatic heterocycles. The monoisotopic (exact) mass is 329 g/mol. The first-order chi connectivity index (χ1) is 10.7. The van der Waals surface area contributed by atoms with E-state index in [1.807, 2.05) is 0 Å². The van der Waals surface area contributed by atoms with Crippen molar-refractivity contribution >= 4 is 17.9 Å². The third-order valence-corrected chi connectivity index (χ3v) is 4.52. The zero-order valence-electron chi connectivity index (χ0n) is 15.0. The van der Waals surface area contributed by atoms with Crippen LogP contribution in [0.15, 0.2) is 0 Å². The second-order valence-electron chi connectivity index (χ2n) is 6.61. The molecular formula is C19H39NOS. The Balaban J connectivity index is 3.55. The molecule has 2 nitrogen and oxygen atoms in total. The molecule has 132 valence electrons. The van der Waals surface area contributed by atoms with E-state index in [-0.39, 0.29) is 5.24 Å². The number of amides is 1. The molecular weight excluding hydrogens is 290 g/mol. The summed E-state index contributed by atoms with van der Waals surface area (Å²) in [5.41, 5.74) is 0. The van der Waals surface area contributed by atoms with E-state index < -0.39 is 0 Å². The number of hydrogen-bond acceptors (Lipinski definition) is 1. The molecule has 0 aromatic rings. The topological polar surface area (TPSA) is 29.1 Å². The Morgan fingerprint density at radius 1 is 0.727 bits per heavy atom. The minimum atomic E-state index is -0.170. The Morgan fingerprint density at radius 2 is 1.09 bits per heavy atom. The molecule has 0 saturated heterocycles. The number of rotatable bonds is 16. The SMILES string of the molecule is CCCCCCCCCCCC(CCCCCC)NC(=O)S. The maximum atomic E-state index is 11.2. The smallest absolute Gasteiger partial charge is 0.276 e. The molecule has 0 rings (SSSR count). The molecule has 0 aliphatic carbocycles. The molecule has 0 saturated carbocycles. The van der Waals surface area contributed by atoms with Gasteiger partial charge in [-0.05, 0) is 12.8 Å². The van der Waals surface area contributed by atoms with Crippen molar-refractivity contribution in [2.75, 3.05) is 0 Å². The van der Waals surface area contributed by atoms with Crippen LogP contribution < -0.4 is 5.32 Å². The molecule has 3 heteroatoms. The Labute approximate surface area is 144 Å². The normalized spacial score (nSPS) is 12.3. The highest BCUT2D eigenvalue weighted by molar-refractivity contribution is 7.96. The van der Waals surface area contributed by atoms with E-state index in [4.69, 9.17) is 0 Å². The van der Waals surface area contributed by atoms with Gasteiger partial charge in [-0.3, -0.25) is 4.79 Å². The Hall–Kier alpha value is -0.180. The molecule has 0 radical (unpaired) electrons. The number of unbranched alkanes of at least 4 members (excludes halogenated alkanes) is 11. The second kappa shape index (κ2) is 17.2. The zero-order chi connectivity index (χ0) is 16.5. The fourth-order valence-electron chi connectivity index (χ4n) is 2.98. The van der Waals surface area contributed by atoms with Gasteiger partial charge >= 0.3 is 0 Å². The van der Waals surface area contributed by atoms with E-state index in [9.17, 15) is 4.79 Å². The molecule has 1 amide bonds. The predicted octanol–water partition coefficient (Wildman–Crippen LogP) is 6.89. The van der Waals surface area contributed by atoms with Gasteiger partial charge in [-0.1, -0.05) is 110 Å². The Bertz CT molecular complexity index is 246. The van der Waals surface area contributed by atoms with Crippen LogP contribution in [0, 0.1) is 0 Å². The van der Waals surface area contributed by atoms with Gasteiger partial charge < -0.3 is 5.32 Å². The van der Waals surface area contributed by atoms with Crippen LogP contribution in [0.5, 0.6) is 0 Å². The molecule has 0 aromatic carbocycles. The molecule has 1 atom stereocenters.